The van der Waals surface area contributed by atoms with Crippen molar-refractivity contribution in [1.29, 1.82) is 0 Å². The van der Waals surface area contributed by atoms with Gasteiger partial charge in [0.15, 0.2) is 0 Å². The third-order valence-electron chi connectivity index (χ3n) is 2.21. The van der Waals surface area contributed by atoms with Crippen molar-refractivity contribution >= 4 is 16.8 Å². The molecule has 2 unspecified atom stereocenters. The Balaban J connectivity index is 2.27. The van der Waals surface area contributed by atoms with Crippen molar-refractivity contribution < 1.29 is 18.8 Å². The Kier molecular flexibility index (Phi) is 5.69. The number of ether oxygens (including phenoxy) is 1. The van der Waals surface area contributed by atoms with Crippen LogP contribution in [0.5, 0.6) is 5.75 Å². The van der Waals surface area contributed by atoms with Crippen LogP contribution in [-0.2, 0) is 15.6 Å². The van der Waals surface area contributed by atoms with Gasteiger partial charge in [-0.05, 0) is 12.1 Å². The second-order valence-corrected chi connectivity index (χ2v) is 5.63. The standard InChI is InChI=1S/C12H16O4S/c1-10(9-12(13)14)17(15)8-7-16-11-5-3-2-4-6-11/h2-6,10H,7-9H2,1H3,(H,13,14). The van der Waals surface area contributed by atoms with E-state index in [1.165, 1.54) is 0 Å². The summed E-state index contributed by atoms with van der Waals surface area (Å²) in [7, 11) is -1.16. The summed E-state index contributed by atoms with van der Waals surface area (Å²) < 4.78 is 17.0. The summed E-state index contributed by atoms with van der Waals surface area (Å²) in [6.07, 6.45) is -0.0715. The Morgan fingerprint density at radius 3 is 2.65 bits per heavy atom. The van der Waals surface area contributed by atoms with Gasteiger partial charge in [-0.3, -0.25) is 9.00 Å². The smallest absolute Gasteiger partial charge is 0.304 e. The molecule has 0 aromatic heterocycles. The zero-order valence-corrected chi connectivity index (χ0v) is 10.5. The van der Waals surface area contributed by atoms with Gasteiger partial charge in [-0.25, -0.2) is 0 Å². The van der Waals surface area contributed by atoms with Crippen LogP contribution in [0.1, 0.15) is 13.3 Å². The van der Waals surface area contributed by atoms with Crippen molar-refractivity contribution in [2.45, 2.75) is 18.6 Å². The quantitative estimate of drug-likeness (QED) is 0.806. The van der Waals surface area contributed by atoms with Crippen molar-refractivity contribution in [1.82, 2.24) is 0 Å². The molecule has 0 bridgehead atoms. The molecule has 0 radical (unpaired) electrons. The van der Waals surface area contributed by atoms with E-state index in [1.807, 2.05) is 30.3 Å². The van der Waals surface area contributed by atoms with E-state index in [4.69, 9.17) is 9.84 Å². The highest BCUT2D eigenvalue weighted by molar-refractivity contribution is 7.85. The van der Waals surface area contributed by atoms with Gasteiger partial charge < -0.3 is 9.84 Å². The number of rotatable bonds is 7. The number of para-hydroxylation sites is 1. The molecule has 5 heteroatoms. The number of carboxylic acids is 1. The minimum atomic E-state index is -1.16. The van der Waals surface area contributed by atoms with Gasteiger partial charge in [0.05, 0.1) is 18.8 Å². The second kappa shape index (κ2) is 7.06. The lowest BCUT2D eigenvalue weighted by Crippen LogP contribution is -2.21. The van der Waals surface area contributed by atoms with Crippen LogP contribution in [0, 0.1) is 0 Å². The number of aliphatic carboxylic acids is 1. The summed E-state index contributed by atoms with van der Waals surface area (Å²) in [5.41, 5.74) is 0. The van der Waals surface area contributed by atoms with Crippen LogP contribution in [0.2, 0.25) is 0 Å². The third-order valence-corrected chi connectivity index (χ3v) is 3.84. The molecule has 0 aliphatic heterocycles. The zero-order chi connectivity index (χ0) is 12.7. The predicted octanol–water partition coefficient (Wildman–Crippen LogP) is 1.68. The van der Waals surface area contributed by atoms with E-state index in [2.05, 4.69) is 0 Å². The average Bonchev–Trinajstić information content (AvgIpc) is 2.29. The van der Waals surface area contributed by atoms with Gasteiger partial charge in [0.25, 0.3) is 0 Å². The SMILES string of the molecule is CC(CC(=O)O)S(=O)CCOc1ccccc1. The molecule has 0 amide bonds. The van der Waals surface area contributed by atoms with Crippen molar-refractivity contribution in [3.05, 3.63) is 30.3 Å². The van der Waals surface area contributed by atoms with E-state index in [0.29, 0.717) is 12.4 Å². The number of hydrogen-bond acceptors (Lipinski definition) is 3. The van der Waals surface area contributed by atoms with Crippen LogP contribution >= 0.6 is 0 Å². The number of benzene rings is 1. The van der Waals surface area contributed by atoms with Gasteiger partial charge in [0.2, 0.25) is 0 Å². The molecule has 0 saturated heterocycles. The Bertz CT molecular complexity index is 377. The molecular formula is C12H16O4S. The molecule has 0 heterocycles. The molecule has 0 saturated carbocycles. The van der Waals surface area contributed by atoms with Crippen LogP contribution in [-0.4, -0.2) is 32.9 Å². The summed E-state index contributed by atoms with van der Waals surface area (Å²) in [6.45, 7) is 2.01. The van der Waals surface area contributed by atoms with Crippen molar-refractivity contribution in [2.75, 3.05) is 12.4 Å². The first kappa shape index (κ1) is 13.7. The lowest BCUT2D eigenvalue weighted by Gasteiger charge is -2.09. The maximum absolute atomic E-state index is 11.6. The van der Waals surface area contributed by atoms with Gasteiger partial charge in [-0.2, -0.15) is 0 Å². The number of carbonyl (C=O) groups is 1. The van der Waals surface area contributed by atoms with E-state index in [9.17, 15) is 9.00 Å². The molecule has 0 aliphatic rings. The van der Waals surface area contributed by atoms with E-state index in [0.717, 1.165) is 5.75 Å². The van der Waals surface area contributed by atoms with E-state index < -0.39 is 16.8 Å². The van der Waals surface area contributed by atoms with Gasteiger partial charge in [0, 0.05) is 16.0 Å². The molecule has 0 spiro atoms. The summed E-state index contributed by atoms with van der Waals surface area (Å²) in [6, 6.07) is 9.26. The van der Waals surface area contributed by atoms with Gasteiger partial charge in [-0.1, -0.05) is 25.1 Å². The molecule has 2 atom stereocenters. The van der Waals surface area contributed by atoms with Crippen molar-refractivity contribution in [3.63, 3.8) is 0 Å². The Morgan fingerprint density at radius 1 is 1.41 bits per heavy atom. The third kappa shape index (κ3) is 5.49. The predicted molar refractivity (Wildman–Crippen MR) is 66.7 cm³/mol. The summed E-state index contributed by atoms with van der Waals surface area (Å²) in [5.74, 6) is 0.161. The fourth-order valence-electron chi connectivity index (χ4n) is 1.30. The normalized spacial score (nSPS) is 13.9. The molecule has 1 N–H and O–H groups in total. The maximum atomic E-state index is 11.6. The van der Waals surface area contributed by atoms with Gasteiger partial charge in [0.1, 0.15) is 5.75 Å². The zero-order valence-electron chi connectivity index (χ0n) is 9.67. The lowest BCUT2D eigenvalue weighted by molar-refractivity contribution is -0.136. The Morgan fingerprint density at radius 2 is 2.06 bits per heavy atom. The second-order valence-electron chi connectivity index (χ2n) is 3.65. The minimum absolute atomic E-state index is 0.0715. The molecule has 1 rings (SSSR count). The average molecular weight is 256 g/mol. The van der Waals surface area contributed by atoms with Crippen molar-refractivity contribution in [2.24, 2.45) is 0 Å². The van der Waals surface area contributed by atoms with Crippen molar-refractivity contribution in [3.8, 4) is 5.75 Å². The Hall–Kier alpha value is -1.36. The first-order valence-electron chi connectivity index (χ1n) is 5.36. The highest BCUT2D eigenvalue weighted by atomic mass is 32.2. The largest absolute Gasteiger partial charge is 0.493 e. The molecule has 1 aromatic rings. The Labute approximate surface area is 103 Å². The maximum Gasteiger partial charge on any atom is 0.304 e. The molecule has 0 fully saturated rings. The minimum Gasteiger partial charge on any atom is -0.493 e. The summed E-state index contributed by atoms with van der Waals surface area (Å²) >= 11 is 0. The molecule has 1 aromatic carbocycles. The molecule has 94 valence electrons. The first-order chi connectivity index (χ1) is 8.09. The fourth-order valence-corrected chi connectivity index (χ4v) is 2.28. The van der Waals surface area contributed by atoms with Crippen LogP contribution in [0.3, 0.4) is 0 Å². The number of hydrogen-bond donors (Lipinski definition) is 1. The fraction of sp³-hybridized carbons (Fsp3) is 0.417. The van der Waals surface area contributed by atoms with E-state index >= 15 is 0 Å². The molecule has 17 heavy (non-hydrogen) atoms. The molecule has 4 nitrogen and oxygen atoms in total. The van der Waals surface area contributed by atoms with Crippen LogP contribution in [0.15, 0.2) is 30.3 Å². The number of carboxylic acid groups (broad SMARTS) is 1. The first-order valence-corrected chi connectivity index (χ1v) is 6.74. The lowest BCUT2D eigenvalue weighted by atomic mass is 10.3. The van der Waals surface area contributed by atoms with E-state index in [-0.39, 0.29) is 11.7 Å². The molecular weight excluding hydrogens is 240 g/mol. The highest BCUT2D eigenvalue weighted by Crippen LogP contribution is 2.08. The van der Waals surface area contributed by atoms with Gasteiger partial charge in [-0.15, -0.1) is 0 Å². The summed E-state index contributed by atoms with van der Waals surface area (Å²) in [4.78, 5) is 10.4. The van der Waals surface area contributed by atoms with E-state index in [1.54, 1.807) is 6.92 Å². The molecule has 0 aliphatic carbocycles. The monoisotopic (exact) mass is 256 g/mol. The highest BCUT2D eigenvalue weighted by Gasteiger charge is 2.14. The van der Waals surface area contributed by atoms with Gasteiger partial charge >= 0.3 is 5.97 Å². The topological polar surface area (TPSA) is 63.6 Å². The van der Waals surface area contributed by atoms with Crippen LogP contribution < -0.4 is 4.74 Å². The van der Waals surface area contributed by atoms with Crippen LogP contribution in [0.25, 0.3) is 0 Å². The van der Waals surface area contributed by atoms with Crippen LogP contribution in [0.4, 0.5) is 0 Å². The summed E-state index contributed by atoms with van der Waals surface area (Å²) in [5, 5.41) is 8.23.